The Labute approximate surface area is 159 Å². The Morgan fingerprint density at radius 2 is 1.62 bits per heavy atom. The molecule has 1 amide bonds. The van der Waals surface area contributed by atoms with Gasteiger partial charge in [-0.3, -0.25) is 14.5 Å². The van der Waals surface area contributed by atoms with Gasteiger partial charge >= 0.3 is 0 Å². The van der Waals surface area contributed by atoms with E-state index in [1.807, 2.05) is 30.3 Å². The Morgan fingerprint density at radius 1 is 0.962 bits per heavy atom. The number of benzene rings is 2. The Balaban J connectivity index is 1.75. The van der Waals surface area contributed by atoms with Crippen LogP contribution in [0.3, 0.4) is 0 Å². The number of amides is 1. The van der Waals surface area contributed by atoms with Crippen LogP contribution in [-0.4, -0.2) is 35.7 Å². The van der Waals surface area contributed by atoms with Crippen LogP contribution in [0.25, 0.3) is 0 Å². The minimum Gasteiger partial charge on any atom is -0.325 e. The van der Waals surface area contributed by atoms with Crippen molar-refractivity contribution in [1.29, 1.82) is 0 Å². The zero-order chi connectivity index (χ0) is 18.4. The zero-order valence-electron chi connectivity index (χ0n) is 14.7. The van der Waals surface area contributed by atoms with Crippen LogP contribution in [0.15, 0.2) is 54.6 Å². The van der Waals surface area contributed by atoms with Gasteiger partial charge < -0.3 is 5.32 Å². The summed E-state index contributed by atoms with van der Waals surface area (Å²) in [5.74, 6) is -0.166. The van der Waals surface area contributed by atoms with Gasteiger partial charge in [0.1, 0.15) is 0 Å². The summed E-state index contributed by atoms with van der Waals surface area (Å²) in [5.41, 5.74) is 1.34. The summed E-state index contributed by atoms with van der Waals surface area (Å²) < 4.78 is 0. The number of nitrogens with one attached hydrogen (secondary N) is 1. The maximum Gasteiger partial charge on any atom is 0.242 e. The molecule has 5 heteroatoms. The summed E-state index contributed by atoms with van der Waals surface area (Å²) in [4.78, 5) is 27.8. The fraction of sp³-hybridized carbons (Fsp3) is 0.333. The molecule has 1 fully saturated rings. The van der Waals surface area contributed by atoms with Gasteiger partial charge in [-0.2, -0.15) is 0 Å². The molecule has 0 radical (unpaired) electrons. The molecule has 26 heavy (non-hydrogen) atoms. The van der Waals surface area contributed by atoms with Crippen LogP contribution in [0.2, 0.25) is 5.02 Å². The van der Waals surface area contributed by atoms with Crippen molar-refractivity contribution in [2.75, 3.05) is 18.4 Å². The summed E-state index contributed by atoms with van der Waals surface area (Å²) in [7, 11) is 0. The molecule has 1 atom stereocenters. The molecule has 4 nitrogen and oxygen atoms in total. The second-order valence-electron chi connectivity index (χ2n) is 6.60. The van der Waals surface area contributed by atoms with Crippen molar-refractivity contribution < 1.29 is 9.59 Å². The van der Waals surface area contributed by atoms with E-state index < -0.39 is 6.04 Å². The van der Waals surface area contributed by atoms with Crippen LogP contribution in [0.1, 0.15) is 36.0 Å². The second-order valence-corrected chi connectivity index (χ2v) is 7.04. The summed E-state index contributed by atoms with van der Waals surface area (Å²) >= 11 is 5.90. The molecule has 1 heterocycles. The van der Waals surface area contributed by atoms with Crippen LogP contribution in [-0.2, 0) is 4.79 Å². The van der Waals surface area contributed by atoms with Crippen LogP contribution in [0.4, 0.5) is 5.69 Å². The van der Waals surface area contributed by atoms with E-state index in [1.54, 1.807) is 24.3 Å². The lowest BCUT2D eigenvalue weighted by molar-refractivity contribution is -0.121. The molecule has 1 N–H and O–H groups in total. The largest absolute Gasteiger partial charge is 0.325 e. The first-order valence-corrected chi connectivity index (χ1v) is 9.40. The highest BCUT2D eigenvalue weighted by atomic mass is 35.5. The summed E-state index contributed by atoms with van der Waals surface area (Å²) in [5, 5.41) is 3.54. The first-order chi connectivity index (χ1) is 12.6. The molecule has 0 bridgehead atoms. The fourth-order valence-corrected chi connectivity index (χ4v) is 3.42. The van der Waals surface area contributed by atoms with E-state index in [0.29, 0.717) is 10.6 Å². The molecule has 2 aromatic rings. The quantitative estimate of drug-likeness (QED) is 0.766. The van der Waals surface area contributed by atoms with Crippen molar-refractivity contribution in [3.8, 4) is 0 Å². The van der Waals surface area contributed by atoms with E-state index >= 15 is 0 Å². The van der Waals surface area contributed by atoms with E-state index in [9.17, 15) is 9.59 Å². The molecular weight excluding hydrogens is 348 g/mol. The molecule has 0 spiro atoms. The number of rotatable bonds is 6. The Bertz CT molecular complexity index is 740. The summed E-state index contributed by atoms with van der Waals surface area (Å²) in [6, 6.07) is 15.7. The third kappa shape index (κ3) is 4.93. The van der Waals surface area contributed by atoms with Crippen LogP contribution in [0.5, 0.6) is 0 Å². The standard InChI is InChI=1S/C21H23ClN2O2/c22-17-11-9-16(10-12-17)20(25)15-19(24-13-5-2-6-14-24)21(26)23-18-7-3-1-4-8-18/h1,3-4,7-12,19H,2,5-6,13-15H2,(H,23,26). The summed E-state index contributed by atoms with van der Waals surface area (Å²) in [6.07, 6.45) is 3.46. The Hall–Kier alpha value is -2.17. The first-order valence-electron chi connectivity index (χ1n) is 9.02. The molecule has 136 valence electrons. The van der Waals surface area contributed by atoms with Gasteiger partial charge in [0, 0.05) is 22.7 Å². The topological polar surface area (TPSA) is 49.4 Å². The highest BCUT2D eigenvalue weighted by Gasteiger charge is 2.29. The number of Topliss-reactive ketones (excluding diaryl/α,β-unsaturated/α-hetero) is 1. The van der Waals surface area contributed by atoms with Gasteiger partial charge in [0.05, 0.1) is 6.04 Å². The number of likely N-dealkylation sites (tertiary alicyclic amines) is 1. The van der Waals surface area contributed by atoms with Crippen molar-refractivity contribution in [1.82, 2.24) is 4.90 Å². The van der Waals surface area contributed by atoms with E-state index in [-0.39, 0.29) is 18.1 Å². The average Bonchev–Trinajstić information content (AvgIpc) is 2.68. The van der Waals surface area contributed by atoms with E-state index in [0.717, 1.165) is 31.6 Å². The lowest BCUT2D eigenvalue weighted by Crippen LogP contribution is -2.47. The number of para-hydroxylation sites is 1. The minimum atomic E-state index is -0.460. The lowest BCUT2D eigenvalue weighted by atomic mass is 9.99. The fourth-order valence-electron chi connectivity index (χ4n) is 3.29. The van der Waals surface area contributed by atoms with Crippen molar-refractivity contribution in [3.63, 3.8) is 0 Å². The van der Waals surface area contributed by atoms with E-state index in [2.05, 4.69) is 10.2 Å². The highest BCUT2D eigenvalue weighted by Crippen LogP contribution is 2.19. The molecular formula is C21H23ClN2O2. The third-order valence-corrected chi connectivity index (χ3v) is 4.97. The van der Waals surface area contributed by atoms with Crippen molar-refractivity contribution in [2.45, 2.75) is 31.7 Å². The van der Waals surface area contributed by atoms with Gasteiger partial charge in [-0.15, -0.1) is 0 Å². The predicted molar refractivity (Wildman–Crippen MR) is 105 cm³/mol. The number of piperidine rings is 1. The maximum absolute atomic E-state index is 12.9. The second kappa shape index (κ2) is 8.97. The van der Waals surface area contributed by atoms with E-state index in [4.69, 9.17) is 11.6 Å². The first kappa shape index (κ1) is 18.6. The van der Waals surface area contributed by atoms with Gasteiger partial charge in [0.25, 0.3) is 0 Å². The number of halogens is 1. The number of carbonyl (C=O) groups is 2. The van der Waals surface area contributed by atoms with Gasteiger partial charge in [-0.25, -0.2) is 0 Å². The normalized spacial score (nSPS) is 16.0. The molecule has 3 rings (SSSR count). The van der Waals surface area contributed by atoms with Crippen molar-refractivity contribution in [2.24, 2.45) is 0 Å². The Morgan fingerprint density at radius 3 is 2.27 bits per heavy atom. The average molecular weight is 371 g/mol. The number of ketones is 1. The SMILES string of the molecule is O=C(CC(C(=O)Nc1ccccc1)N1CCCCC1)c1ccc(Cl)cc1. The molecule has 0 saturated carbocycles. The molecule has 1 unspecified atom stereocenters. The smallest absolute Gasteiger partial charge is 0.242 e. The van der Waals surface area contributed by atoms with Gasteiger partial charge in [-0.1, -0.05) is 36.2 Å². The van der Waals surface area contributed by atoms with Gasteiger partial charge in [-0.05, 0) is 62.3 Å². The number of hydrogen-bond donors (Lipinski definition) is 1. The summed E-state index contributed by atoms with van der Waals surface area (Å²) in [6.45, 7) is 1.70. The Kier molecular flexibility index (Phi) is 6.42. The van der Waals surface area contributed by atoms with Gasteiger partial charge in [0.2, 0.25) is 5.91 Å². The maximum atomic E-state index is 12.9. The molecule has 2 aromatic carbocycles. The molecule has 1 aliphatic rings. The van der Waals surface area contributed by atoms with Crippen molar-refractivity contribution in [3.05, 3.63) is 65.2 Å². The third-order valence-electron chi connectivity index (χ3n) is 4.72. The van der Waals surface area contributed by atoms with Crippen LogP contribution < -0.4 is 5.32 Å². The number of nitrogens with zero attached hydrogens (tertiary/aromatic N) is 1. The molecule has 0 aliphatic carbocycles. The number of anilines is 1. The predicted octanol–water partition coefficient (Wildman–Crippen LogP) is 4.41. The zero-order valence-corrected chi connectivity index (χ0v) is 15.4. The van der Waals surface area contributed by atoms with Crippen LogP contribution >= 0.6 is 11.6 Å². The van der Waals surface area contributed by atoms with Crippen LogP contribution in [0, 0.1) is 0 Å². The lowest BCUT2D eigenvalue weighted by Gasteiger charge is -2.33. The molecule has 0 aromatic heterocycles. The molecule has 1 saturated heterocycles. The number of hydrogen-bond acceptors (Lipinski definition) is 3. The highest BCUT2D eigenvalue weighted by molar-refractivity contribution is 6.30. The van der Waals surface area contributed by atoms with Gasteiger partial charge in [0.15, 0.2) is 5.78 Å². The minimum absolute atomic E-state index is 0.0412. The number of carbonyl (C=O) groups excluding carboxylic acids is 2. The van der Waals surface area contributed by atoms with Crippen molar-refractivity contribution >= 4 is 29.0 Å². The van der Waals surface area contributed by atoms with E-state index in [1.165, 1.54) is 6.42 Å². The molecule has 1 aliphatic heterocycles. The monoisotopic (exact) mass is 370 g/mol.